The van der Waals surface area contributed by atoms with Gasteiger partial charge in [-0.05, 0) is 51.4 Å². The number of hydrogen-bond acceptors (Lipinski definition) is 6. The Morgan fingerprint density at radius 2 is 0.667 bits per heavy atom. The van der Waals surface area contributed by atoms with Crippen LogP contribution in [0.1, 0.15) is 170 Å². The molecule has 6 rings (SSSR count). The van der Waals surface area contributed by atoms with Gasteiger partial charge >= 0.3 is 14.2 Å². The van der Waals surface area contributed by atoms with E-state index in [1.54, 1.807) is 0 Å². The molecule has 78 heavy (non-hydrogen) atoms. The van der Waals surface area contributed by atoms with Gasteiger partial charge in [0.25, 0.3) is 0 Å². The van der Waals surface area contributed by atoms with E-state index < -0.39 is 107 Å². The summed E-state index contributed by atoms with van der Waals surface area (Å²) in [5, 5.41) is 0. The lowest BCUT2D eigenvalue weighted by Gasteiger charge is -2.39. The fourth-order valence-electron chi connectivity index (χ4n) is 8.97. The van der Waals surface area contributed by atoms with Gasteiger partial charge in [-0.1, -0.05) is 107 Å². The zero-order valence-electron chi connectivity index (χ0n) is 46.5. The number of aromatic nitrogens is 2. The third-order valence-electron chi connectivity index (χ3n) is 13.4. The molecule has 0 aromatic carbocycles. The van der Waals surface area contributed by atoms with Crippen molar-refractivity contribution in [2.24, 2.45) is 9.98 Å². The Morgan fingerprint density at radius 3 is 0.859 bits per heavy atom. The number of aromatic amines is 2. The summed E-state index contributed by atoms with van der Waals surface area (Å²) in [6, 6.07) is 0. The SMILES string of the molecule is CCCC[N+](CCCC)(CCCC)CCCC.CCCC[N+](CCCC)(CCCC)CCCC.FC1=C(F)/C(=C2\C=C(c3[nH]cc(F)c3F)O[B-](F)(F)O2)N=C1.FC1=C(F)/C(=C2\C=C(c3[nH]cc(F)c3F)O[B-](F)(F)O2)N=C1. The minimum atomic E-state index is -5.00. The van der Waals surface area contributed by atoms with Crippen molar-refractivity contribution in [3.8, 4) is 0 Å². The maximum Gasteiger partial charge on any atom is 0.726 e. The Bertz CT molecular complexity index is 2230. The Hall–Kier alpha value is -5.25. The quantitative estimate of drug-likeness (QED) is 0.0558. The second-order valence-corrected chi connectivity index (χ2v) is 19.8. The summed E-state index contributed by atoms with van der Waals surface area (Å²) in [5.74, 6) is -14.8. The van der Waals surface area contributed by atoms with Gasteiger partial charge in [-0.15, -0.1) is 0 Å². The lowest BCUT2D eigenvalue weighted by molar-refractivity contribution is -0.929. The van der Waals surface area contributed by atoms with Gasteiger partial charge in [0.1, 0.15) is 45.8 Å². The standard InChI is InChI=1S/2C16H36N.2C11H4BF6N2O2/c2*1-5-9-13-17(14-10-6-2,15-11-7-3)16-12-8-4;2*13-4-2-19-10(8(4)15)6-1-7(22-12(17,18)21-6)11-9(16)5(14)3-20-11/h2*5-16H2,1-4H3;2*1-3,19H/q2*+1;2*-1/b;;2*11-7-. The number of unbranched alkanes of at least 4 members (excludes halogenated alkanes) is 8. The highest BCUT2D eigenvalue weighted by Gasteiger charge is 2.42. The Morgan fingerprint density at radius 1 is 0.410 bits per heavy atom. The largest absolute Gasteiger partial charge is 0.726 e. The van der Waals surface area contributed by atoms with Crippen LogP contribution >= 0.6 is 0 Å². The summed E-state index contributed by atoms with van der Waals surface area (Å²) in [6.45, 7) is 30.0. The van der Waals surface area contributed by atoms with E-state index in [4.69, 9.17) is 0 Å². The maximum atomic E-state index is 13.4. The minimum Gasteiger partial charge on any atom is -0.626 e. The lowest BCUT2D eigenvalue weighted by atomic mass is 10.1. The number of hydrogen-bond donors (Lipinski definition) is 2. The van der Waals surface area contributed by atoms with Gasteiger partial charge in [0, 0.05) is 24.5 Å². The molecule has 24 heteroatoms. The molecule has 0 saturated carbocycles. The molecule has 2 aromatic rings. The fourth-order valence-corrected chi connectivity index (χ4v) is 8.97. The molecule has 0 fully saturated rings. The topological polar surface area (TPSA) is 93.2 Å². The zero-order valence-corrected chi connectivity index (χ0v) is 46.5. The minimum absolute atomic E-state index is 0.462. The number of H-pyrrole nitrogens is 2. The fraction of sp³-hybridized carbons (Fsp3) is 0.593. The molecule has 0 amide bonds. The van der Waals surface area contributed by atoms with E-state index in [1.165, 1.54) is 164 Å². The number of aliphatic imine (C=N–C) groups is 2. The second kappa shape index (κ2) is 32.7. The molecule has 4 aliphatic rings. The van der Waals surface area contributed by atoms with Gasteiger partial charge in [0.2, 0.25) is 0 Å². The number of nitrogens with one attached hydrogen (secondary N) is 2. The smallest absolute Gasteiger partial charge is 0.626 e. The van der Waals surface area contributed by atoms with Crippen LogP contribution in [-0.2, 0) is 18.6 Å². The molecule has 2 N–H and O–H groups in total. The predicted octanol–water partition coefficient (Wildman–Crippen LogP) is 17.0. The molecular formula is C54H80B2F12N6O4. The molecule has 6 heterocycles. The molecule has 0 radical (unpaired) electrons. The third kappa shape index (κ3) is 20.1. The van der Waals surface area contributed by atoms with Gasteiger partial charge in [-0.25, -0.2) is 45.1 Å². The van der Waals surface area contributed by atoms with Crippen molar-refractivity contribution in [2.75, 3.05) is 52.4 Å². The predicted molar refractivity (Wildman–Crippen MR) is 286 cm³/mol. The van der Waals surface area contributed by atoms with Gasteiger partial charge in [-0.3, -0.25) is 0 Å². The first-order chi connectivity index (χ1) is 37.1. The summed E-state index contributed by atoms with van der Waals surface area (Å²) in [7, 11) is -10.0. The van der Waals surface area contributed by atoms with Crippen LogP contribution < -0.4 is 0 Å². The van der Waals surface area contributed by atoms with E-state index in [0.717, 1.165) is 0 Å². The Kier molecular flexibility index (Phi) is 28.1. The molecule has 10 nitrogen and oxygen atoms in total. The second-order valence-electron chi connectivity index (χ2n) is 19.8. The van der Waals surface area contributed by atoms with Crippen molar-refractivity contribution < 1.29 is 80.0 Å². The summed E-state index contributed by atoms with van der Waals surface area (Å²) in [4.78, 5) is 10.6. The molecular weight excluding hydrogens is 1050 g/mol. The van der Waals surface area contributed by atoms with Crippen molar-refractivity contribution in [3.63, 3.8) is 0 Å². The molecule has 0 unspecified atom stereocenters. The van der Waals surface area contributed by atoms with Crippen LogP contribution in [0.5, 0.6) is 0 Å². The molecule has 2 aromatic heterocycles. The van der Waals surface area contributed by atoms with E-state index in [-0.39, 0.29) is 0 Å². The highest BCUT2D eigenvalue weighted by atomic mass is 19.3. The lowest BCUT2D eigenvalue weighted by Crippen LogP contribution is -2.50. The third-order valence-corrected chi connectivity index (χ3v) is 13.4. The summed E-state index contributed by atoms with van der Waals surface area (Å²) >= 11 is 0. The molecule has 4 aliphatic heterocycles. The number of rotatable bonds is 26. The monoisotopic (exact) mass is 1130 g/mol. The van der Waals surface area contributed by atoms with Gasteiger partial charge in [-0.2, -0.15) is 0 Å². The first-order valence-electron chi connectivity index (χ1n) is 27.7. The summed E-state index contributed by atoms with van der Waals surface area (Å²) in [5.41, 5.74) is -3.14. The number of nitrogens with zero attached hydrogens (tertiary/aromatic N) is 4. The van der Waals surface area contributed by atoms with Crippen LogP contribution in [-0.4, -0.2) is 97.9 Å². The van der Waals surface area contributed by atoms with Crippen LogP contribution in [0.4, 0.5) is 52.4 Å². The first-order valence-corrected chi connectivity index (χ1v) is 27.7. The average molecular weight is 1130 g/mol. The van der Waals surface area contributed by atoms with Crippen molar-refractivity contribution >= 4 is 38.2 Å². The van der Waals surface area contributed by atoms with Crippen LogP contribution in [0.15, 0.2) is 80.8 Å². The Balaban J connectivity index is 0.000000276. The van der Waals surface area contributed by atoms with Crippen molar-refractivity contribution in [1.82, 2.24) is 9.97 Å². The van der Waals surface area contributed by atoms with Crippen molar-refractivity contribution in [1.29, 1.82) is 0 Å². The Labute approximate surface area is 452 Å². The first kappa shape index (κ1) is 67.0. The molecule has 440 valence electrons. The zero-order chi connectivity index (χ0) is 58.1. The molecule has 0 atom stereocenters. The van der Waals surface area contributed by atoms with Crippen LogP contribution in [0.3, 0.4) is 0 Å². The molecule has 0 aliphatic carbocycles. The van der Waals surface area contributed by atoms with E-state index in [2.05, 4.69) is 84.0 Å². The maximum absolute atomic E-state index is 13.4. The summed E-state index contributed by atoms with van der Waals surface area (Å²) in [6.07, 6.45) is 25.5. The molecule has 0 saturated heterocycles. The van der Waals surface area contributed by atoms with E-state index in [1.807, 2.05) is 9.97 Å². The van der Waals surface area contributed by atoms with Crippen molar-refractivity contribution in [3.05, 3.63) is 105 Å². The van der Waals surface area contributed by atoms with Gasteiger partial charge in [0.15, 0.2) is 46.6 Å². The van der Waals surface area contributed by atoms with Crippen LogP contribution in [0.25, 0.3) is 11.5 Å². The normalized spacial score (nSPS) is 18.5. The van der Waals surface area contributed by atoms with Gasteiger partial charge < -0.3 is 54.8 Å². The molecule has 0 spiro atoms. The molecule has 0 bridgehead atoms. The number of halogens is 12. The number of quaternary nitrogens is 2. The highest BCUT2D eigenvalue weighted by Crippen LogP contribution is 2.39. The highest BCUT2D eigenvalue weighted by molar-refractivity contribution is 6.54. The summed E-state index contributed by atoms with van der Waals surface area (Å²) < 4.78 is 178. The van der Waals surface area contributed by atoms with Gasteiger partial charge in [0.05, 0.1) is 64.8 Å². The van der Waals surface area contributed by atoms with E-state index in [0.29, 0.717) is 37.0 Å². The average Bonchev–Trinajstić information content (AvgIpc) is 4.16. The number of allylic oxidation sites excluding steroid dienone is 6. The van der Waals surface area contributed by atoms with Crippen LogP contribution in [0, 0.1) is 23.3 Å². The van der Waals surface area contributed by atoms with E-state index in [9.17, 15) is 52.4 Å². The van der Waals surface area contributed by atoms with E-state index >= 15 is 0 Å². The van der Waals surface area contributed by atoms with Crippen LogP contribution in [0.2, 0.25) is 0 Å². The van der Waals surface area contributed by atoms with Crippen molar-refractivity contribution in [2.45, 2.75) is 158 Å².